The number of fused-ring (bicyclic) bond motifs is 1. The highest BCUT2D eigenvalue weighted by molar-refractivity contribution is 6.32. The van der Waals surface area contributed by atoms with Crippen molar-refractivity contribution in [2.75, 3.05) is 0 Å². The molecule has 0 atom stereocenters. The molecule has 0 amide bonds. The highest BCUT2D eigenvalue weighted by Gasteiger charge is 2.13. The molecule has 2 aromatic carbocycles. The van der Waals surface area contributed by atoms with Crippen LogP contribution < -0.4 is 4.74 Å². The Bertz CT molecular complexity index is 1070. The second-order valence-corrected chi connectivity index (χ2v) is 6.87. The fraction of sp³-hybridized carbons (Fsp3) is 0.0952. The Balaban J connectivity index is 1.59. The van der Waals surface area contributed by atoms with Gasteiger partial charge in [0.2, 0.25) is 0 Å². The van der Waals surface area contributed by atoms with E-state index in [1.165, 1.54) is 0 Å². The number of aryl methyl sites for hydroxylation is 1. The Morgan fingerprint density at radius 3 is 2.54 bits per heavy atom. The van der Waals surface area contributed by atoms with Crippen molar-refractivity contribution < 1.29 is 4.74 Å². The van der Waals surface area contributed by atoms with E-state index in [0.29, 0.717) is 11.8 Å². The van der Waals surface area contributed by atoms with E-state index >= 15 is 0 Å². The maximum absolute atomic E-state index is 6.50. The number of imidazole rings is 1. The molecule has 0 bridgehead atoms. The second-order valence-electron chi connectivity index (χ2n) is 6.08. The minimum Gasteiger partial charge on any atom is -0.489 e. The first-order valence-corrected chi connectivity index (χ1v) is 8.98. The number of rotatable bonds is 4. The maximum Gasteiger partial charge on any atom is 0.141 e. The van der Waals surface area contributed by atoms with Crippen molar-refractivity contribution in [1.29, 1.82) is 0 Å². The van der Waals surface area contributed by atoms with Crippen molar-refractivity contribution in [3.8, 4) is 17.0 Å². The highest BCUT2D eigenvalue weighted by atomic mass is 35.5. The summed E-state index contributed by atoms with van der Waals surface area (Å²) in [4.78, 5) is 4.63. The highest BCUT2D eigenvalue weighted by Crippen LogP contribution is 2.31. The third-order valence-corrected chi connectivity index (χ3v) is 4.84. The normalized spacial score (nSPS) is 11.0. The molecule has 2 aromatic heterocycles. The molecule has 0 saturated carbocycles. The van der Waals surface area contributed by atoms with Gasteiger partial charge in [-0.15, -0.1) is 0 Å². The fourth-order valence-electron chi connectivity index (χ4n) is 2.85. The predicted octanol–water partition coefficient (Wildman–Crippen LogP) is 6.20. The van der Waals surface area contributed by atoms with E-state index in [1.54, 1.807) is 0 Å². The van der Waals surface area contributed by atoms with Crippen LogP contribution in [-0.4, -0.2) is 9.38 Å². The molecule has 4 rings (SSSR count). The summed E-state index contributed by atoms with van der Waals surface area (Å²) in [6.07, 6.45) is 1.91. The topological polar surface area (TPSA) is 26.5 Å². The Morgan fingerprint density at radius 1 is 1.00 bits per heavy atom. The molecule has 0 fully saturated rings. The fourth-order valence-corrected chi connectivity index (χ4v) is 3.27. The van der Waals surface area contributed by atoms with Crippen molar-refractivity contribution in [3.05, 3.63) is 88.2 Å². The summed E-state index contributed by atoms with van der Waals surface area (Å²) >= 11 is 12.4. The standard InChI is InChI=1S/C21H16Cl2N2O/c1-14-12-16(20-21(23)25-11-3-2-4-19(25)24-20)7-10-18(14)26-13-15-5-8-17(22)9-6-15/h2-12H,13H2,1H3. The van der Waals surface area contributed by atoms with Crippen molar-refractivity contribution in [3.63, 3.8) is 0 Å². The van der Waals surface area contributed by atoms with Crippen LogP contribution >= 0.6 is 23.2 Å². The number of hydrogen-bond donors (Lipinski definition) is 0. The minimum absolute atomic E-state index is 0.493. The molecular formula is C21H16Cl2N2O. The van der Waals surface area contributed by atoms with Crippen LogP contribution in [0.4, 0.5) is 0 Å². The van der Waals surface area contributed by atoms with Gasteiger partial charge in [0, 0.05) is 16.8 Å². The van der Waals surface area contributed by atoms with E-state index < -0.39 is 0 Å². The van der Waals surface area contributed by atoms with Crippen LogP contribution in [-0.2, 0) is 6.61 Å². The van der Waals surface area contributed by atoms with Crippen LogP contribution in [0.2, 0.25) is 10.2 Å². The van der Waals surface area contributed by atoms with Crippen LogP contribution in [0.15, 0.2) is 66.9 Å². The molecule has 130 valence electrons. The van der Waals surface area contributed by atoms with Crippen LogP contribution in [0.1, 0.15) is 11.1 Å². The summed E-state index contributed by atoms with van der Waals surface area (Å²) in [5.74, 6) is 0.837. The largest absolute Gasteiger partial charge is 0.489 e. The number of hydrogen-bond acceptors (Lipinski definition) is 2. The SMILES string of the molecule is Cc1cc(-c2nc3ccccn3c2Cl)ccc1OCc1ccc(Cl)cc1. The molecular weight excluding hydrogens is 367 g/mol. The zero-order chi connectivity index (χ0) is 18.1. The van der Waals surface area contributed by atoms with Gasteiger partial charge in [0.1, 0.15) is 28.9 Å². The van der Waals surface area contributed by atoms with E-state index in [2.05, 4.69) is 4.98 Å². The summed E-state index contributed by atoms with van der Waals surface area (Å²) < 4.78 is 7.81. The van der Waals surface area contributed by atoms with Gasteiger partial charge in [-0.05, 0) is 60.5 Å². The Labute approximate surface area is 161 Å². The number of halogens is 2. The smallest absolute Gasteiger partial charge is 0.141 e. The van der Waals surface area contributed by atoms with Gasteiger partial charge in [0.25, 0.3) is 0 Å². The van der Waals surface area contributed by atoms with Crippen LogP contribution in [0, 0.1) is 6.92 Å². The Kier molecular flexibility index (Phi) is 4.58. The number of ether oxygens (including phenoxy) is 1. The zero-order valence-electron chi connectivity index (χ0n) is 14.1. The second kappa shape index (κ2) is 7.02. The summed E-state index contributed by atoms with van der Waals surface area (Å²) in [6.45, 7) is 2.51. The number of nitrogens with zero attached hydrogens (tertiary/aromatic N) is 2. The average Bonchev–Trinajstić information content (AvgIpc) is 2.99. The molecule has 0 aliphatic rings. The number of benzene rings is 2. The first-order valence-electron chi connectivity index (χ1n) is 8.23. The van der Waals surface area contributed by atoms with Crippen molar-refractivity contribution in [2.45, 2.75) is 13.5 Å². The molecule has 0 unspecified atom stereocenters. The molecule has 0 radical (unpaired) electrons. The van der Waals surface area contributed by atoms with Gasteiger partial charge in [-0.2, -0.15) is 0 Å². The molecule has 0 saturated heterocycles. The van der Waals surface area contributed by atoms with Crippen molar-refractivity contribution in [1.82, 2.24) is 9.38 Å². The molecule has 26 heavy (non-hydrogen) atoms. The monoisotopic (exact) mass is 382 g/mol. The molecule has 5 heteroatoms. The molecule has 0 aliphatic heterocycles. The lowest BCUT2D eigenvalue weighted by Gasteiger charge is -2.10. The van der Waals surface area contributed by atoms with Crippen LogP contribution in [0.5, 0.6) is 5.75 Å². The van der Waals surface area contributed by atoms with E-state index in [0.717, 1.165) is 38.8 Å². The van der Waals surface area contributed by atoms with E-state index in [9.17, 15) is 0 Å². The molecule has 2 heterocycles. The van der Waals surface area contributed by atoms with Gasteiger partial charge < -0.3 is 4.74 Å². The lowest BCUT2D eigenvalue weighted by atomic mass is 10.1. The van der Waals surface area contributed by atoms with Gasteiger partial charge in [-0.3, -0.25) is 4.40 Å². The third-order valence-electron chi connectivity index (χ3n) is 4.23. The van der Waals surface area contributed by atoms with Crippen LogP contribution in [0.25, 0.3) is 16.9 Å². The average molecular weight is 383 g/mol. The summed E-state index contributed by atoms with van der Waals surface area (Å²) in [5.41, 5.74) is 4.67. The summed E-state index contributed by atoms with van der Waals surface area (Å²) in [6, 6.07) is 19.5. The number of aromatic nitrogens is 2. The predicted molar refractivity (Wildman–Crippen MR) is 106 cm³/mol. The quantitative estimate of drug-likeness (QED) is 0.420. The lowest BCUT2D eigenvalue weighted by Crippen LogP contribution is -1.97. The first-order chi connectivity index (χ1) is 12.6. The van der Waals surface area contributed by atoms with Gasteiger partial charge in [-0.25, -0.2) is 4.98 Å². The third kappa shape index (κ3) is 3.28. The number of pyridine rings is 1. The van der Waals surface area contributed by atoms with Gasteiger partial charge in [-0.1, -0.05) is 41.4 Å². The molecule has 0 spiro atoms. The molecule has 0 N–H and O–H groups in total. The zero-order valence-corrected chi connectivity index (χ0v) is 15.6. The maximum atomic E-state index is 6.50. The van der Waals surface area contributed by atoms with E-state index in [-0.39, 0.29) is 0 Å². The summed E-state index contributed by atoms with van der Waals surface area (Å²) in [7, 11) is 0. The first kappa shape index (κ1) is 17.0. The molecule has 4 aromatic rings. The summed E-state index contributed by atoms with van der Waals surface area (Å²) in [5, 5.41) is 1.33. The molecule has 3 nitrogen and oxygen atoms in total. The Morgan fingerprint density at radius 2 is 1.81 bits per heavy atom. The van der Waals surface area contributed by atoms with E-state index in [1.807, 2.05) is 78.2 Å². The van der Waals surface area contributed by atoms with Gasteiger partial charge in [0.15, 0.2) is 0 Å². The minimum atomic E-state index is 0.493. The lowest BCUT2D eigenvalue weighted by molar-refractivity contribution is 0.304. The molecule has 0 aliphatic carbocycles. The Hall–Kier alpha value is -2.49. The van der Waals surface area contributed by atoms with Crippen LogP contribution in [0.3, 0.4) is 0 Å². The van der Waals surface area contributed by atoms with Crippen molar-refractivity contribution >= 4 is 28.8 Å². The van der Waals surface area contributed by atoms with Gasteiger partial charge >= 0.3 is 0 Å². The van der Waals surface area contributed by atoms with Crippen molar-refractivity contribution in [2.24, 2.45) is 0 Å². The van der Waals surface area contributed by atoms with Gasteiger partial charge in [0.05, 0.1) is 0 Å². The van der Waals surface area contributed by atoms with E-state index in [4.69, 9.17) is 27.9 Å².